The Kier molecular flexibility index (Phi) is 5.26. The molecular weight excluding hydrogens is 279 g/mol. The van der Waals surface area contributed by atoms with Gasteiger partial charge in [-0.2, -0.15) is 13.2 Å². The van der Waals surface area contributed by atoms with Gasteiger partial charge in [-0.1, -0.05) is 30.3 Å². The van der Waals surface area contributed by atoms with Gasteiger partial charge >= 0.3 is 6.18 Å². The first-order valence-corrected chi connectivity index (χ1v) is 7.32. The Labute approximate surface area is 122 Å². The quantitative estimate of drug-likeness (QED) is 0.828. The van der Waals surface area contributed by atoms with Crippen LogP contribution < -0.4 is 0 Å². The second-order valence-electron chi connectivity index (χ2n) is 5.63. The minimum Gasteiger partial charge on any atom is -0.343 e. The number of piperidine rings is 1. The van der Waals surface area contributed by atoms with Gasteiger partial charge in [-0.25, -0.2) is 0 Å². The molecule has 2 rings (SSSR count). The SMILES string of the molecule is O=C(CCC(F)(F)F)N1CCC(Cc2ccccc2)CC1. The fourth-order valence-electron chi connectivity index (χ4n) is 2.74. The van der Waals surface area contributed by atoms with Crippen molar-refractivity contribution >= 4 is 5.91 Å². The number of benzene rings is 1. The molecule has 1 aliphatic heterocycles. The van der Waals surface area contributed by atoms with Crippen molar-refractivity contribution in [1.29, 1.82) is 0 Å². The lowest BCUT2D eigenvalue weighted by Gasteiger charge is -2.32. The molecule has 0 radical (unpaired) electrons. The van der Waals surface area contributed by atoms with E-state index in [2.05, 4.69) is 12.1 Å². The number of rotatable bonds is 4. The molecule has 0 aliphatic carbocycles. The highest BCUT2D eigenvalue weighted by atomic mass is 19.4. The monoisotopic (exact) mass is 299 g/mol. The number of carbonyl (C=O) groups excluding carboxylic acids is 1. The minimum atomic E-state index is -4.25. The van der Waals surface area contributed by atoms with Crippen LogP contribution in [0.4, 0.5) is 13.2 Å². The van der Waals surface area contributed by atoms with Crippen molar-refractivity contribution in [2.75, 3.05) is 13.1 Å². The summed E-state index contributed by atoms with van der Waals surface area (Å²) in [5.41, 5.74) is 1.28. The van der Waals surface area contributed by atoms with Gasteiger partial charge in [-0.3, -0.25) is 4.79 Å². The van der Waals surface area contributed by atoms with E-state index in [4.69, 9.17) is 0 Å². The largest absolute Gasteiger partial charge is 0.389 e. The molecule has 0 aromatic heterocycles. The molecule has 2 nitrogen and oxygen atoms in total. The number of amides is 1. The summed E-state index contributed by atoms with van der Waals surface area (Å²) in [6.07, 6.45) is -2.98. The van der Waals surface area contributed by atoms with E-state index in [1.165, 1.54) is 5.56 Å². The molecule has 116 valence electrons. The molecule has 1 aliphatic rings. The Balaban J connectivity index is 1.74. The molecule has 0 bridgehead atoms. The number of hydrogen-bond donors (Lipinski definition) is 0. The van der Waals surface area contributed by atoms with Gasteiger partial charge in [0.1, 0.15) is 0 Å². The van der Waals surface area contributed by atoms with Crippen molar-refractivity contribution in [2.24, 2.45) is 5.92 Å². The third-order valence-corrected chi connectivity index (χ3v) is 3.96. The van der Waals surface area contributed by atoms with Gasteiger partial charge in [0.15, 0.2) is 0 Å². The average molecular weight is 299 g/mol. The van der Waals surface area contributed by atoms with Crippen LogP contribution in [0.1, 0.15) is 31.2 Å². The lowest BCUT2D eigenvalue weighted by molar-refractivity contribution is -0.149. The van der Waals surface area contributed by atoms with Crippen molar-refractivity contribution in [2.45, 2.75) is 38.3 Å². The summed E-state index contributed by atoms with van der Waals surface area (Å²) >= 11 is 0. The summed E-state index contributed by atoms with van der Waals surface area (Å²) in [5.74, 6) is 0.143. The highest BCUT2D eigenvalue weighted by molar-refractivity contribution is 5.76. The van der Waals surface area contributed by atoms with Crippen LogP contribution in [-0.4, -0.2) is 30.1 Å². The third-order valence-electron chi connectivity index (χ3n) is 3.96. The number of likely N-dealkylation sites (tertiary alicyclic amines) is 1. The minimum absolute atomic E-state index is 0.370. The smallest absolute Gasteiger partial charge is 0.343 e. The van der Waals surface area contributed by atoms with Gasteiger partial charge < -0.3 is 4.90 Å². The average Bonchev–Trinajstić information content (AvgIpc) is 2.46. The summed E-state index contributed by atoms with van der Waals surface area (Å²) in [4.78, 5) is 13.3. The van der Waals surface area contributed by atoms with Crippen molar-refractivity contribution in [3.05, 3.63) is 35.9 Å². The van der Waals surface area contributed by atoms with E-state index in [1.807, 2.05) is 18.2 Å². The number of nitrogens with zero attached hydrogens (tertiary/aromatic N) is 1. The molecule has 0 saturated carbocycles. The zero-order valence-electron chi connectivity index (χ0n) is 11.9. The van der Waals surface area contributed by atoms with Gasteiger partial charge in [0, 0.05) is 19.5 Å². The Morgan fingerprint density at radius 3 is 2.33 bits per heavy atom. The van der Waals surface area contributed by atoms with Gasteiger partial charge in [-0.05, 0) is 30.7 Å². The van der Waals surface area contributed by atoms with Crippen LogP contribution in [0.15, 0.2) is 30.3 Å². The van der Waals surface area contributed by atoms with E-state index in [-0.39, 0.29) is 5.91 Å². The fraction of sp³-hybridized carbons (Fsp3) is 0.562. The van der Waals surface area contributed by atoms with Crippen molar-refractivity contribution in [1.82, 2.24) is 4.90 Å². The number of alkyl halides is 3. The normalized spacial score (nSPS) is 17.0. The van der Waals surface area contributed by atoms with Crippen LogP contribution in [0.5, 0.6) is 0 Å². The predicted molar refractivity (Wildman–Crippen MR) is 74.7 cm³/mol. The predicted octanol–water partition coefficient (Wildman–Crippen LogP) is 3.81. The van der Waals surface area contributed by atoms with Crippen molar-refractivity contribution in [3.8, 4) is 0 Å². The molecule has 21 heavy (non-hydrogen) atoms. The summed E-state index contributed by atoms with van der Waals surface area (Å²) in [7, 11) is 0. The molecule has 0 unspecified atom stereocenters. The highest BCUT2D eigenvalue weighted by Gasteiger charge is 2.30. The number of carbonyl (C=O) groups is 1. The zero-order chi connectivity index (χ0) is 15.3. The summed E-state index contributed by atoms with van der Waals surface area (Å²) in [6, 6.07) is 10.2. The molecular formula is C16H20F3NO. The highest BCUT2D eigenvalue weighted by Crippen LogP contribution is 2.25. The molecule has 5 heteroatoms. The van der Waals surface area contributed by atoms with Crippen LogP contribution >= 0.6 is 0 Å². The molecule has 0 N–H and O–H groups in total. The van der Waals surface area contributed by atoms with Crippen LogP contribution in [-0.2, 0) is 11.2 Å². The number of hydrogen-bond acceptors (Lipinski definition) is 1. The van der Waals surface area contributed by atoms with E-state index in [0.717, 1.165) is 19.3 Å². The van der Waals surface area contributed by atoms with E-state index in [1.54, 1.807) is 4.90 Å². The van der Waals surface area contributed by atoms with E-state index < -0.39 is 19.0 Å². The van der Waals surface area contributed by atoms with Gasteiger partial charge in [-0.15, -0.1) is 0 Å². The maximum Gasteiger partial charge on any atom is 0.389 e. The molecule has 0 spiro atoms. The second kappa shape index (κ2) is 6.96. The fourth-order valence-corrected chi connectivity index (χ4v) is 2.74. The lowest BCUT2D eigenvalue weighted by atomic mass is 9.90. The molecule has 1 heterocycles. The molecule has 1 saturated heterocycles. The van der Waals surface area contributed by atoms with Crippen LogP contribution in [0.3, 0.4) is 0 Å². The molecule has 1 aromatic carbocycles. The van der Waals surface area contributed by atoms with Crippen LogP contribution in [0.25, 0.3) is 0 Å². The molecule has 1 aromatic rings. The maximum absolute atomic E-state index is 12.1. The van der Waals surface area contributed by atoms with Crippen LogP contribution in [0.2, 0.25) is 0 Å². The lowest BCUT2D eigenvalue weighted by Crippen LogP contribution is -2.39. The third kappa shape index (κ3) is 5.40. The van der Waals surface area contributed by atoms with Crippen molar-refractivity contribution in [3.63, 3.8) is 0 Å². The van der Waals surface area contributed by atoms with Gasteiger partial charge in [0.05, 0.1) is 6.42 Å². The summed E-state index contributed by atoms with van der Waals surface area (Å²) in [5, 5.41) is 0. The molecule has 1 amide bonds. The molecule has 0 atom stereocenters. The first-order valence-electron chi connectivity index (χ1n) is 7.32. The van der Waals surface area contributed by atoms with Crippen LogP contribution in [0, 0.1) is 5.92 Å². The Bertz CT molecular complexity index is 450. The van der Waals surface area contributed by atoms with E-state index in [0.29, 0.717) is 19.0 Å². The van der Waals surface area contributed by atoms with Crippen molar-refractivity contribution < 1.29 is 18.0 Å². The second-order valence-corrected chi connectivity index (χ2v) is 5.63. The van der Waals surface area contributed by atoms with E-state index in [9.17, 15) is 18.0 Å². The molecule has 1 fully saturated rings. The summed E-state index contributed by atoms with van der Waals surface area (Å²) < 4.78 is 36.4. The first kappa shape index (κ1) is 15.9. The maximum atomic E-state index is 12.1. The van der Waals surface area contributed by atoms with E-state index >= 15 is 0 Å². The van der Waals surface area contributed by atoms with Gasteiger partial charge in [0.25, 0.3) is 0 Å². The zero-order valence-corrected chi connectivity index (χ0v) is 11.9. The Morgan fingerprint density at radius 2 is 1.76 bits per heavy atom. The Hall–Kier alpha value is -1.52. The Morgan fingerprint density at radius 1 is 1.14 bits per heavy atom. The standard InChI is InChI=1S/C16H20F3NO/c17-16(18,19)9-6-15(21)20-10-7-14(8-11-20)12-13-4-2-1-3-5-13/h1-5,14H,6-12H2. The topological polar surface area (TPSA) is 20.3 Å². The number of halogens is 3. The van der Waals surface area contributed by atoms with Gasteiger partial charge in [0.2, 0.25) is 5.91 Å². The summed E-state index contributed by atoms with van der Waals surface area (Å²) in [6.45, 7) is 1.16. The first-order chi connectivity index (χ1) is 9.94.